The molecule has 3 nitrogen and oxygen atoms in total. The van der Waals surface area contributed by atoms with Crippen molar-refractivity contribution < 1.29 is 13.2 Å². The first kappa shape index (κ1) is 8.55. The molecule has 0 aliphatic carbocycles. The average Bonchev–Trinajstić information content (AvgIpc) is 2.29. The van der Waals surface area contributed by atoms with Crippen molar-refractivity contribution in [2.75, 3.05) is 13.1 Å². The van der Waals surface area contributed by atoms with Crippen LogP contribution in [0, 0.1) is 0 Å². The smallest absolute Gasteiger partial charge is 0.338 e. The van der Waals surface area contributed by atoms with E-state index in [2.05, 4.69) is 15.3 Å². The molecule has 0 bridgehead atoms. The van der Waals surface area contributed by atoms with Crippen LogP contribution in [0.25, 0.3) is 0 Å². The first-order chi connectivity index (χ1) is 6.07. The van der Waals surface area contributed by atoms with Crippen LogP contribution in [0.2, 0.25) is 0 Å². The maximum absolute atomic E-state index is 12.1. The number of alkyl halides is 3. The highest BCUT2D eigenvalue weighted by molar-refractivity contribution is 5.11. The molecule has 0 aromatic carbocycles. The van der Waals surface area contributed by atoms with Crippen molar-refractivity contribution in [2.45, 2.75) is 12.1 Å². The summed E-state index contributed by atoms with van der Waals surface area (Å²) < 4.78 is 36.3. The molecule has 13 heavy (non-hydrogen) atoms. The predicted molar refractivity (Wildman–Crippen MR) is 39.2 cm³/mol. The van der Waals surface area contributed by atoms with Crippen molar-refractivity contribution in [3.05, 3.63) is 17.7 Å². The van der Waals surface area contributed by atoms with Crippen molar-refractivity contribution >= 4 is 0 Å². The predicted octanol–water partition coefficient (Wildman–Crippen LogP) is 1.12. The quantitative estimate of drug-likeness (QED) is 0.698. The van der Waals surface area contributed by atoms with Crippen molar-refractivity contribution in [3.63, 3.8) is 0 Å². The van der Waals surface area contributed by atoms with E-state index in [0.29, 0.717) is 18.9 Å². The zero-order valence-corrected chi connectivity index (χ0v) is 6.65. The van der Waals surface area contributed by atoms with E-state index < -0.39 is 11.9 Å². The third kappa shape index (κ3) is 1.53. The SMILES string of the molecule is FC(F)(F)c1cnc(C2CNC2)[nH]1. The summed E-state index contributed by atoms with van der Waals surface area (Å²) in [6, 6.07) is 0. The van der Waals surface area contributed by atoms with Crippen molar-refractivity contribution in [2.24, 2.45) is 0 Å². The fraction of sp³-hybridized carbons (Fsp3) is 0.571. The van der Waals surface area contributed by atoms with Gasteiger partial charge < -0.3 is 10.3 Å². The topological polar surface area (TPSA) is 40.7 Å². The minimum Gasteiger partial charge on any atom is -0.338 e. The standard InChI is InChI=1S/C7H8F3N3/c8-7(9,10)5-3-12-6(13-5)4-1-11-2-4/h3-4,11H,1-2H2,(H,12,13). The maximum Gasteiger partial charge on any atom is 0.432 e. The molecule has 72 valence electrons. The Bertz CT molecular complexity index is 300. The van der Waals surface area contributed by atoms with Gasteiger partial charge in [-0.05, 0) is 0 Å². The van der Waals surface area contributed by atoms with Gasteiger partial charge in [-0.15, -0.1) is 0 Å². The Balaban J connectivity index is 2.17. The molecule has 1 aliphatic rings. The molecule has 1 aromatic rings. The molecule has 0 unspecified atom stereocenters. The van der Waals surface area contributed by atoms with E-state index in [-0.39, 0.29) is 5.92 Å². The van der Waals surface area contributed by atoms with Gasteiger partial charge in [0, 0.05) is 19.0 Å². The molecule has 0 atom stereocenters. The molecule has 0 amide bonds. The number of aromatic nitrogens is 2. The third-order valence-corrected chi connectivity index (χ3v) is 2.07. The molecule has 1 aliphatic heterocycles. The number of H-pyrrole nitrogens is 1. The van der Waals surface area contributed by atoms with Gasteiger partial charge in [0.25, 0.3) is 0 Å². The molecule has 2 N–H and O–H groups in total. The summed E-state index contributed by atoms with van der Waals surface area (Å²) in [6.07, 6.45) is -3.48. The summed E-state index contributed by atoms with van der Waals surface area (Å²) in [5, 5.41) is 2.97. The molecule has 6 heteroatoms. The highest BCUT2D eigenvalue weighted by atomic mass is 19.4. The molecule has 0 saturated carbocycles. The minimum absolute atomic E-state index is 0.107. The number of aromatic amines is 1. The Hall–Kier alpha value is -1.04. The van der Waals surface area contributed by atoms with E-state index in [9.17, 15) is 13.2 Å². The number of imidazole rings is 1. The highest BCUT2D eigenvalue weighted by Crippen LogP contribution is 2.28. The summed E-state index contributed by atoms with van der Waals surface area (Å²) in [4.78, 5) is 5.97. The van der Waals surface area contributed by atoms with E-state index in [1.165, 1.54) is 0 Å². The normalized spacial score (nSPS) is 18.7. The van der Waals surface area contributed by atoms with Crippen LogP contribution in [0.15, 0.2) is 6.20 Å². The Morgan fingerprint density at radius 2 is 2.08 bits per heavy atom. The molecular weight excluding hydrogens is 183 g/mol. The van der Waals surface area contributed by atoms with Gasteiger partial charge in [-0.2, -0.15) is 13.2 Å². The van der Waals surface area contributed by atoms with Crippen LogP contribution in [0.5, 0.6) is 0 Å². The summed E-state index contributed by atoms with van der Waals surface area (Å²) in [5.41, 5.74) is -0.769. The number of rotatable bonds is 1. The summed E-state index contributed by atoms with van der Waals surface area (Å²) in [6.45, 7) is 1.40. The van der Waals surface area contributed by atoms with E-state index in [4.69, 9.17) is 0 Å². The first-order valence-electron chi connectivity index (χ1n) is 3.90. The van der Waals surface area contributed by atoms with Crippen molar-refractivity contribution in [3.8, 4) is 0 Å². The Labute approximate surface area is 72.4 Å². The van der Waals surface area contributed by atoms with Gasteiger partial charge >= 0.3 is 6.18 Å². The van der Waals surface area contributed by atoms with Crippen LogP contribution in [-0.2, 0) is 6.18 Å². The molecule has 0 spiro atoms. The van der Waals surface area contributed by atoms with Gasteiger partial charge in [0.2, 0.25) is 0 Å². The highest BCUT2D eigenvalue weighted by Gasteiger charge is 2.34. The van der Waals surface area contributed by atoms with Crippen LogP contribution in [-0.4, -0.2) is 23.1 Å². The van der Waals surface area contributed by atoms with Gasteiger partial charge in [0.1, 0.15) is 11.5 Å². The number of nitrogens with one attached hydrogen (secondary N) is 2. The van der Waals surface area contributed by atoms with Crippen molar-refractivity contribution in [1.82, 2.24) is 15.3 Å². The minimum atomic E-state index is -4.32. The van der Waals surface area contributed by atoms with E-state index in [0.717, 1.165) is 6.20 Å². The zero-order chi connectivity index (χ0) is 9.47. The van der Waals surface area contributed by atoms with Gasteiger partial charge in [-0.3, -0.25) is 0 Å². The molecule has 1 aromatic heterocycles. The Kier molecular flexibility index (Phi) is 1.80. The number of nitrogens with zero attached hydrogens (tertiary/aromatic N) is 1. The lowest BCUT2D eigenvalue weighted by atomic mass is 10.0. The van der Waals surface area contributed by atoms with Crippen molar-refractivity contribution in [1.29, 1.82) is 0 Å². The molecular formula is C7H8F3N3. The first-order valence-corrected chi connectivity index (χ1v) is 3.90. The van der Waals surface area contributed by atoms with Gasteiger partial charge in [-0.1, -0.05) is 0 Å². The summed E-state index contributed by atoms with van der Waals surface area (Å²) in [5.74, 6) is 0.530. The lowest BCUT2D eigenvalue weighted by molar-refractivity contribution is -0.141. The Morgan fingerprint density at radius 1 is 1.38 bits per heavy atom. The second kappa shape index (κ2) is 2.73. The van der Waals surface area contributed by atoms with Crippen LogP contribution < -0.4 is 5.32 Å². The number of halogens is 3. The molecule has 1 saturated heterocycles. The van der Waals surface area contributed by atoms with E-state index in [1.807, 2.05) is 0 Å². The fourth-order valence-corrected chi connectivity index (χ4v) is 1.17. The molecule has 2 rings (SSSR count). The second-order valence-corrected chi connectivity index (χ2v) is 3.04. The van der Waals surface area contributed by atoms with E-state index in [1.54, 1.807) is 0 Å². The summed E-state index contributed by atoms with van der Waals surface area (Å²) >= 11 is 0. The van der Waals surface area contributed by atoms with E-state index >= 15 is 0 Å². The Morgan fingerprint density at radius 3 is 2.46 bits per heavy atom. The third-order valence-electron chi connectivity index (χ3n) is 2.07. The number of hydrogen-bond acceptors (Lipinski definition) is 2. The molecule has 2 heterocycles. The number of hydrogen-bond donors (Lipinski definition) is 2. The summed E-state index contributed by atoms with van der Waals surface area (Å²) in [7, 11) is 0. The lowest BCUT2D eigenvalue weighted by Crippen LogP contribution is -2.40. The van der Waals surface area contributed by atoms with Crippen LogP contribution in [0.1, 0.15) is 17.4 Å². The van der Waals surface area contributed by atoms with Gasteiger partial charge in [-0.25, -0.2) is 4.98 Å². The lowest BCUT2D eigenvalue weighted by Gasteiger charge is -2.24. The second-order valence-electron chi connectivity index (χ2n) is 3.04. The molecule has 1 fully saturated rings. The maximum atomic E-state index is 12.1. The van der Waals surface area contributed by atoms with Gasteiger partial charge in [0.15, 0.2) is 0 Å². The molecule has 0 radical (unpaired) electrons. The largest absolute Gasteiger partial charge is 0.432 e. The fourth-order valence-electron chi connectivity index (χ4n) is 1.17. The van der Waals surface area contributed by atoms with Gasteiger partial charge in [0.05, 0.1) is 6.20 Å². The monoisotopic (exact) mass is 191 g/mol. The average molecular weight is 191 g/mol. The zero-order valence-electron chi connectivity index (χ0n) is 6.65. The van der Waals surface area contributed by atoms with Crippen LogP contribution in [0.4, 0.5) is 13.2 Å². The van der Waals surface area contributed by atoms with Crippen LogP contribution in [0.3, 0.4) is 0 Å². The van der Waals surface area contributed by atoms with Crippen LogP contribution >= 0.6 is 0 Å².